The van der Waals surface area contributed by atoms with Crippen molar-refractivity contribution in [3.8, 4) is 0 Å². The zero-order valence-corrected chi connectivity index (χ0v) is 20.2. The van der Waals surface area contributed by atoms with E-state index in [0.717, 1.165) is 29.7 Å². The molecular formula is C26H30ClN3O3. The van der Waals surface area contributed by atoms with Gasteiger partial charge in [0.15, 0.2) is 0 Å². The molecule has 2 aromatic rings. The molecule has 174 valence electrons. The number of benzene rings is 2. The standard InChI is InChI=1S/C26H30ClN3O3/c1-4-17-12-13-20(27)18(5-2)24(17)28-22(31)11-8-16-29-25(33)19-9-6-7-10-21(19)30-23(32)14-15-26(29,30)3/h6-7,9-10,12-13H,4-5,8,11,14-16H2,1-3H3,(H,28,31). The fourth-order valence-electron chi connectivity index (χ4n) is 5.11. The third-order valence-electron chi connectivity index (χ3n) is 6.87. The zero-order valence-electron chi connectivity index (χ0n) is 19.4. The number of para-hydroxylation sites is 1. The van der Waals surface area contributed by atoms with Crippen LogP contribution in [-0.4, -0.2) is 34.8 Å². The van der Waals surface area contributed by atoms with Crippen LogP contribution >= 0.6 is 11.6 Å². The normalized spacial score (nSPS) is 19.5. The fourth-order valence-corrected chi connectivity index (χ4v) is 5.40. The molecule has 2 aliphatic rings. The lowest BCUT2D eigenvalue weighted by molar-refractivity contribution is -0.118. The van der Waals surface area contributed by atoms with E-state index in [9.17, 15) is 14.4 Å². The number of aryl methyl sites for hydroxylation is 1. The quantitative estimate of drug-likeness (QED) is 0.609. The molecule has 7 heteroatoms. The number of rotatable bonds is 7. The van der Waals surface area contributed by atoms with Gasteiger partial charge in [0.25, 0.3) is 5.91 Å². The third kappa shape index (κ3) is 4.01. The molecule has 1 atom stereocenters. The molecule has 0 spiro atoms. The number of anilines is 2. The van der Waals surface area contributed by atoms with Crippen LogP contribution in [0.3, 0.4) is 0 Å². The van der Waals surface area contributed by atoms with Crippen molar-refractivity contribution in [3.63, 3.8) is 0 Å². The topological polar surface area (TPSA) is 69.7 Å². The van der Waals surface area contributed by atoms with Gasteiger partial charge in [0.2, 0.25) is 11.8 Å². The van der Waals surface area contributed by atoms with Crippen molar-refractivity contribution < 1.29 is 14.4 Å². The number of hydrogen-bond acceptors (Lipinski definition) is 3. The smallest absolute Gasteiger partial charge is 0.257 e. The number of nitrogens with one attached hydrogen (secondary N) is 1. The number of halogens is 1. The van der Waals surface area contributed by atoms with Crippen LogP contribution in [0.5, 0.6) is 0 Å². The van der Waals surface area contributed by atoms with Gasteiger partial charge in [-0.25, -0.2) is 0 Å². The number of hydrogen-bond donors (Lipinski definition) is 1. The predicted molar refractivity (Wildman–Crippen MR) is 131 cm³/mol. The summed E-state index contributed by atoms with van der Waals surface area (Å²) in [5.74, 6) is -0.160. The summed E-state index contributed by atoms with van der Waals surface area (Å²) in [6.45, 7) is 6.41. The second-order valence-corrected chi connectivity index (χ2v) is 9.25. The van der Waals surface area contributed by atoms with Gasteiger partial charge in [0.1, 0.15) is 5.66 Å². The van der Waals surface area contributed by atoms with Crippen molar-refractivity contribution in [2.24, 2.45) is 0 Å². The minimum atomic E-state index is -0.698. The van der Waals surface area contributed by atoms with E-state index < -0.39 is 5.66 Å². The Labute approximate surface area is 199 Å². The molecule has 2 heterocycles. The first-order valence-electron chi connectivity index (χ1n) is 11.7. The number of fused-ring (bicyclic) bond motifs is 3. The summed E-state index contributed by atoms with van der Waals surface area (Å²) in [6.07, 6.45) is 3.29. The summed E-state index contributed by atoms with van der Waals surface area (Å²) in [5, 5.41) is 3.71. The molecule has 2 aromatic carbocycles. The van der Waals surface area contributed by atoms with E-state index in [1.807, 2.05) is 51.1 Å². The SMILES string of the molecule is CCc1ccc(Cl)c(CC)c1NC(=O)CCCN1C(=O)c2ccccc2N2C(=O)CCC12C. The third-order valence-corrected chi connectivity index (χ3v) is 7.23. The molecule has 0 aliphatic carbocycles. The molecule has 0 radical (unpaired) electrons. The van der Waals surface area contributed by atoms with Crippen LogP contribution in [0.2, 0.25) is 5.02 Å². The second kappa shape index (κ2) is 9.18. The van der Waals surface area contributed by atoms with Crippen LogP contribution in [0.1, 0.15) is 67.9 Å². The van der Waals surface area contributed by atoms with Gasteiger partial charge in [0.05, 0.1) is 11.3 Å². The fraction of sp³-hybridized carbons (Fsp3) is 0.423. The number of nitrogens with zero attached hydrogens (tertiary/aromatic N) is 2. The molecule has 0 bridgehead atoms. The average molecular weight is 468 g/mol. The molecule has 1 saturated heterocycles. The van der Waals surface area contributed by atoms with E-state index in [0.29, 0.717) is 42.1 Å². The minimum absolute atomic E-state index is 0.0281. The Balaban J connectivity index is 1.48. The Morgan fingerprint density at radius 3 is 2.61 bits per heavy atom. The molecule has 6 nitrogen and oxygen atoms in total. The number of carbonyl (C=O) groups excluding carboxylic acids is 3. The van der Waals surface area contributed by atoms with Gasteiger partial charge in [-0.15, -0.1) is 0 Å². The van der Waals surface area contributed by atoms with Crippen LogP contribution in [-0.2, 0) is 22.4 Å². The van der Waals surface area contributed by atoms with E-state index in [-0.39, 0.29) is 24.1 Å². The molecule has 4 rings (SSSR count). The first-order chi connectivity index (χ1) is 15.8. The monoisotopic (exact) mass is 467 g/mol. The molecular weight excluding hydrogens is 438 g/mol. The Kier molecular flexibility index (Phi) is 6.48. The molecule has 3 amide bonds. The molecule has 1 unspecified atom stereocenters. The van der Waals surface area contributed by atoms with Gasteiger partial charge >= 0.3 is 0 Å². The highest BCUT2D eigenvalue weighted by atomic mass is 35.5. The van der Waals surface area contributed by atoms with E-state index in [1.54, 1.807) is 15.9 Å². The van der Waals surface area contributed by atoms with Crippen molar-refractivity contribution in [1.29, 1.82) is 0 Å². The number of carbonyl (C=O) groups is 3. The van der Waals surface area contributed by atoms with Crippen molar-refractivity contribution in [2.45, 2.75) is 65.0 Å². The highest BCUT2D eigenvalue weighted by Gasteiger charge is 2.52. The lowest BCUT2D eigenvalue weighted by Gasteiger charge is -2.48. The van der Waals surface area contributed by atoms with Gasteiger partial charge in [-0.05, 0) is 61.9 Å². The summed E-state index contributed by atoms with van der Waals surface area (Å²) in [6, 6.07) is 11.1. The van der Waals surface area contributed by atoms with Gasteiger partial charge in [0, 0.05) is 30.1 Å². The van der Waals surface area contributed by atoms with Crippen LogP contribution in [0, 0.1) is 0 Å². The van der Waals surface area contributed by atoms with Crippen LogP contribution < -0.4 is 10.2 Å². The Bertz CT molecular complexity index is 1120. The van der Waals surface area contributed by atoms with Gasteiger partial charge in [-0.1, -0.05) is 43.6 Å². The first-order valence-corrected chi connectivity index (χ1v) is 12.0. The predicted octanol–water partition coefficient (Wildman–Crippen LogP) is 5.18. The van der Waals surface area contributed by atoms with E-state index in [4.69, 9.17) is 11.6 Å². The maximum absolute atomic E-state index is 13.3. The summed E-state index contributed by atoms with van der Waals surface area (Å²) in [7, 11) is 0. The van der Waals surface area contributed by atoms with Crippen molar-refractivity contribution in [3.05, 3.63) is 58.1 Å². The van der Waals surface area contributed by atoms with Gasteiger partial charge in [-0.2, -0.15) is 0 Å². The molecule has 0 aromatic heterocycles. The van der Waals surface area contributed by atoms with Crippen LogP contribution in [0.4, 0.5) is 11.4 Å². The lowest BCUT2D eigenvalue weighted by Crippen LogP contribution is -2.62. The molecule has 33 heavy (non-hydrogen) atoms. The summed E-state index contributed by atoms with van der Waals surface area (Å²) in [4.78, 5) is 42.3. The van der Waals surface area contributed by atoms with Crippen molar-refractivity contribution in [1.82, 2.24) is 4.90 Å². The maximum Gasteiger partial charge on any atom is 0.257 e. The summed E-state index contributed by atoms with van der Waals surface area (Å²) >= 11 is 6.36. The van der Waals surface area contributed by atoms with E-state index in [1.165, 1.54) is 0 Å². The molecule has 2 aliphatic heterocycles. The van der Waals surface area contributed by atoms with E-state index >= 15 is 0 Å². The van der Waals surface area contributed by atoms with Crippen molar-refractivity contribution >= 4 is 40.7 Å². The second-order valence-electron chi connectivity index (χ2n) is 8.84. The highest BCUT2D eigenvalue weighted by Crippen LogP contribution is 2.44. The first kappa shape index (κ1) is 23.3. The van der Waals surface area contributed by atoms with E-state index in [2.05, 4.69) is 5.32 Å². The zero-order chi connectivity index (χ0) is 23.8. The Morgan fingerprint density at radius 1 is 1.12 bits per heavy atom. The lowest BCUT2D eigenvalue weighted by atomic mass is 9.97. The minimum Gasteiger partial charge on any atom is -0.326 e. The van der Waals surface area contributed by atoms with Crippen molar-refractivity contribution in [2.75, 3.05) is 16.8 Å². The van der Waals surface area contributed by atoms with Crippen LogP contribution in [0.25, 0.3) is 0 Å². The Morgan fingerprint density at radius 2 is 1.88 bits per heavy atom. The molecule has 1 fully saturated rings. The Hall–Kier alpha value is -2.86. The maximum atomic E-state index is 13.3. The molecule has 1 N–H and O–H groups in total. The summed E-state index contributed by atoms with van der Waals surface area (Å²) in [5.41, 5.74) is 3.33. The van der Waals surface area contributed by atoms with Gasteiger partial charge in [-0.3, -0.25) is 19.3 Å². The van der Waals surface area contributed by atoms with Gasteiger partial charge < -0.3 is 10.2 Å². The molecule has 0 saturated carbocycles. The van der Waals surface area contributed by atoms with Crippen LogP contribution in [0.15, 0.2) is 36.4 Å². The summed E-state index contributed by atoms with van der Waals surface area (Å²) < 4.78 is 0. The highest BCUT2D eigenvalue weighted by molar-refractivity contribution is 6.32. The number of amides is 3. The largest absolute Gasteiger partial charge is 0.326 e. The average Bonchev–Trinajstić information content (AvgIpc) is 3.11.